The zero-order valence-electron chi connectivity index (χ0n) is 13.2. The first-order valence-corrected chi connectivity index (χ1v) is 7.72. The van der Waals surface area contributed by atoms with Gasteiger partial charge in [0.2, 0.25) is 0 Å². The van der Waals surface area contributed by atoms with Gasteiger partial charge in [-0.25, -0.2) is 4.68 Å². The summed E-state index contributed by atoms with van der Waals surface area (Å²) in [5.41, 5.74) is 5.04. The molecule has 0 radical (unpaired) electrons. The lowest BCUT2D eigenvalue weighted by atomic mass is 10.1. The van der Waals surface area contributed by atoms with Gasteiger partial charge >= 0.3 is 0 Å². The van der Waals surface area contributed by atoms with Gasteiger partial charge in [-0.15, -0.1) is 0 Å². The lowest BCUT2D eigenvalue weighted by molar-refractivity contribution is 0.0938. The minimum absolute atomic E-state index is 0.158. The molecule has 1 heterocycles. The van der Waals surface area contributed by atoms with E-state index in [1.54, 1.807) is 24.3 Å². The number of amides is 1. The number of hydrogen-bond donors (Lipinski definition) is 3. The van der Waals surface area contributed by atoms with Crippen molar-refractivity contribution in [3.63, 3.8) is 0 Å². The van der Waals surface area contributed by atoms with E-state index in [2.05, 4.69) is 21.3 Å². The van der Waals surface area contributed by atoms with Crippen LogP contribution >= 0.6 is 12.2 Å². The van der Waals surface area contributed by atoms with Crippen molar-refractivity contribution in [2.75, 3.05) is 6.54 Å². The zero-order valence-corrected chi connectivity index (χ0v) is 14.0. The van der Waals surface area contributed by atoms with Gasteiger partial charge < -0.3 is 5.32 Å². The topological polar surface area (TPSA) is 88.0 Å². The van der Waals surface area contributed by atoms with Crippen LogP contribution in [0.5, 0.6) is 0 Å². The number of benzene rings is 1. The number of carbonyl (C=O) groups is 1. The number of nitrogens with zero attached hydrogens (tertiary/aromatic N) is 2. The van der Waals surface area contributed by atoms with Gasteiger partial charge in [-0.3, -0.25) is 20.4 Å². The Labute approximate surface area is 139 Å². The molecule has 0 unspecified atom stereocenters. The van der Waals surface area contributed by atoms with Crippen LogP contribution in [0.3, 0.4) is 0 Å². The number of carbonyl (C=O) groups excluding carboxylic acids is 1. The molecule has 0 fully saturated rings. The molecule has 0 saturated carbocycles. The summed E-state index contributed by atoms with van der Waals surface area (Å²) in [6.45, 7) is 6.21. The SMILES string of the molecule is CCNC(=S)NNC(=O)c1nn(C(C)C)c(=O)c2ccccc12. The second kappa shape index (κ2) is 7.19. The van der Waals surface area contributed by atoms with Crippen molar-refractivity contribution < 1.29 is 4.79 Å². The molecule has 1 amide bonds. The van der Waals surface area contributed by atoms with E-state index in [1.165, 1.54) is 4.68 Å². The van der Waals surface area contributed by atoms with E-state index in [4.69, 9.17) is 12.2 Å². The molecule has 122 valence electrons. The predicted octanol–water partition coefficient (Wildman–Crippen LogP) is 1.11. The third-order valence-electron chi connectivity index (χ3n) is 3.16. The molecule has 0 bridgehead atoms. The highest BCUT2D eigenvalue weighted by Crippen LogP contribution is 2.14. The number of aromatic nitrogens is 2. The summed E-state index contributed by atoms with van der Waals surface area (Å²) in [5.74, 6) is -0.462. The minimum Gasteiger partial charge on any atom is -0.362 e. The third-order valence-corrected chi connectivity index (χ3v) is 3.41. The lowest BCUT2D eigenvalue weighted by Gasteiger charge is -2.14. The molecule has 0 saturated heterocycles. The molecule has 0 atom stereocenters. The Balaban J connectivity index is 2.43. The number of hydrazine groups is 1. The summed E-state index contributed by atoms with van der Waals surface area (Å²) in [4.78, 5) is 24.8. The van der Waals surface area contributed by atoms with Crippen LogP contribution < -0.4 is 21.7 Å². The Kier molecular flexibility index (Phi) is 5.28. The van der Waals surface area contributed by atoms with Gasteiger partial charge in [0.25, 0.3) is 11.5 Å². The van der Waals surface area contributed by atoms with E-state index in [0.29, 0.717) is 22.4 Å². The molecule has 2 aromatic rings. The van der Waals surface area contributed by atoms with Gasteiger partial charge in [-0.1, -0.05) is 18.2 Å². The fraction of sp³-hybridized carbons (Fsp3) is 0.333. The zero-order chi connectivity index (χ0) is 17.0. The van der Waals surface area contributed by atoms with Crippen LogP contribution in [0.2, 0.25) is 0 Å². The molecule has 23 heavy (non-hydrogen) atoms. The van der Waals surface area contributed by atoms with Crippen LogP contribution in [0.1, 0.15) is 37.3 Å². The first-order chi connectivity index (χ1) is 11.0. The molecule has 3 N–H and O–H groups in total. The molecule has 0 aliphatic heterocycles. The molecule has 1 aromatic carbocycles. The average Bonchev–Trinajstić information content (AvgIpc) is 2.53. The van der Waals surface area contributed by atoms with Gasteiger partial charge in [0.1, 0.15) is 0 Å². The summed E-state index contributed by atoms with van der Waals surface area (Å²) in [6.07, 6.45) is 0. The molecular formula is C15H19N5O2S. The Morgan fingerprint density at radius 1 is 1.26 bits per heavy atom. The largest absolute Gasteiger partial charge is 0.362 e. The second-order valence-electron chi connectivity index (χ2n) is 5.18. The Morgan fingerprint density at radius 3 is 2.52 bits per heavy atom. The molecule has 7 nitrogen and oxygen atoms in total. The maximum atomic E-state index is 12.4. The van der Waals surface area contributed by atoms with E-state index in [0.717, 1.165) is 0 Å². The van der Waals surface area contributed by atoms with Crippen LogP contribution in [0.15, 0.2) is 29.1 Å². The van der Waals surface area contributed by atoms with Gasteiger partial charge in [0.05, 0.1) is 11.4 Å². The average molecular weight is 333 g/mol. The molecule has 0 aliphatic rings. The fourth-order valence-corrected chi connectivity index (χ4v) is 2.30. The number of fused-ring (bicyclic) bond motifs is 1. The van der Waals surface area contributed by atoms with Crippen molar-refractivity contribution in [2.24, 2.45) is 0 Å². The quantitative estimate of drug-likeness (QED) is 0.576. The molecule has 0 spiro atoms. The second-order valence-corrected chi connectivity index (χ2v) is 5.58. The molecule has 0 aliphatic carbocycles. The minimum atomic E-state index is -0.462. The Morgan fingerprint density at radius 2 is 1.91 bits per heavy atom. The highest BCUT2D eigenvalue weighted by atomic mass is 32.1. The maximum absolute atomic E-state index is 12.4. The highest BCUT2D eigenvalue weighted by Gasteiger charge is 2.17. The maximum Gasteiger partial charge on any atom is 0.290 e. The van der Waals surface area contributed by atoms with E-state index in [9.17, 15) is 9.59 Å². The van der Waals surface area contributed by atoms with Crippen LogP contribution in [-0.4, -0.2) is 27.3 Å². The van der Waals surface area contributed by atoms with Crippen LogP contribution in [0.25, 0.3) is 10.8 Å². The van der Waals surface area contributed by atoms with Crippen molar-refractivity contribution in [2.45, 2.75) is 26.8 Å². The van der Waals surface area contributed by atoms with Crippen molar-refractivity contribution >= 4 is 34.0 Å². The van der Waals surface area contributed by atoms with Gasteiger partial charge in [0, 0.05) is 11.9 Å². The number of thiocarbonyl (C=S) groups is 1. The van der Waals surface area contributed by atoms with E-state index >= 15 is 0 Å². The van der Waals surface area contributed by atoms with Crippen molar-refractivity contribution in [1.82, 2.24) is 25.9 Å². The van der Waals surface area contributed by atoms with Crippen molar-refractivity contribution in [3.8, 4) is 0 Å². The highest BCUT2D eigenvalue weighted by molar-refractivity contribution is 7.80. The monoisotopic (exact) mass is 333 g/mol. The summed E-state index contributed by atoms with van der Waals surface area (Å²) in [7, 11) is 0. The van der Waals surface area contributed by atoms with E-state index in [-0.39, 0.29) is 17.3 Å². The summed E-state index contributed by atoms with van der Waals surface area (Å²) in [5, 5.41) is 8.34. The van der Waals surface area contributed by atoms with Crippen LogP contribution in [-0.2, 0) is 0 Å². The number of rotatable bonds is 3. The summed E-state index contributed by atoms with van der Waals surface area (Å²) >= 11 is 4.99. The molecule has 8 heteroatoms. The Bertz CT molecular complexity index is 800. The van der Waals surface area contributed by atoms with Crippen LogP contribution in [0, 0.1) is 0 Å². The van der Waals surface area contributed by atoms with E-state index < -0.39 is 5.91 Å². The predicted molar refractivity (Wildman–Crippen MR) is 93.3 cm³/mol. The standard InChI is InChI=1S/C15H19N5O2S/c1-4-16-15(23)18-17-13(21)12-10-7-5-6-8-11(10)14(22)20(19-12)9(2)3/h5-9H,4H2,1-3H3,(H,17,21)(H2,16,18,23). The summed E-state index contributed by atoms with van der Waals surface area (Å²) in [6, 6.07) is 6.75. The van der Waals surface area contributed by atoms with Crippen molar-refractivity contribution in [3.05, 3.63) is 40.3 Å². The third kappa shape index (κ3) is 3.65. The first-order valence-electron chi connectivity index (χ1n) is 7.31. The van der Waals surface area contributed by atoms with Crippen LogP contribution in [0.4, 0.5) is 0 Å². The van der Waals surface area contributed by atoms with E-state index in [1.807, 2.05) is 20.8 Å². The van der Waals surface area contributed by atoms with Gasteiger partial charge in [0.15, 0.2) is 10.8 Å². The smallest absolute Gasteiger partial charge is 0.290 e. The van der Waals surface area contributed by atoms with Gasteiger partial charge in [-0.2, -0.15) is 5.10 Å². The normalized spacial score (nSPS) is 10.6. The molecule has 1 aromatic heterocycles. The lowest BCUT2D eigenvalue weighted by Crippen LogP contribution is -2.47. The number of nitrogens with one attached hydrogen (secondary N) is 3. The Hall–Kier alpha value is -2.48. The number of hydrogen-bond acceptors (Lipinski definition) is 4. The van der Waals surface area contributed by atoms with Crippen molar-refractivity contribution in [1.29, 1.82) is 0 Å². The fourth-order valence-electron chi connectivity index (χ4n) is 2.10. The molecule has 2 rings (SSSR count). The van der Waals surface area contributed by atoms with Gasteiger partial charge in [-0.05, 0) is 39.1 Å². The molecular weight excluding hydrogens is 314 g/mol. The first kappa shape index (κ1) is 16.9. The summed E-state index contributed by atoms with van der Waals surface area (Å²) < 4.78 is 1.31.